The van der Waals surface area contributed by atoms with Crippen LogP contribution < -0.4 is 20.9 Å². The van der Waals surface area contributed by atoms with Gasteiger partial charge in [0, 0.05) is 68.0 Å². The number of carbonyl (C=O) groups excluding carboxylic acids is 1. The van der Waals surface area contributed by atoms with E-state index in [1.807, 2.05) is 13.8 Å². The molecule has 5 rings (SSSR count). The summed E-state index contributed by atoms with van der Waals surface area (Å²) >= 11 is 0. The molecule has 1 aliphatic rings. The van der Waals surface area contributed by atoms with E-state index in [1.165, 1.54) is 17.3 Å². The molecule has 3 heterocycles. The van der Waals surface area contributed by atoms with E-state index in [0.717, 1.165) is 17.7 Å². The highest BCUT2D eigenvalue weighted by molar-refractivity contribution is 6.05. The molecule has 0 aliphatic carbocycles. The monoisotopic (exact) mass is 647 g/mol. The lowest BCUT2D eigenvalue weighted by atomic mass is 10.1. The molecular formula is C30H31F6N9O. The first kappa shape index (κ1) is 32.5. The molecule has 1 aliphatic heterocycles. The van der Waals surface area contributed by atoms with E-state index in [0.29, 0.717) is 34.5 Å². The summed E-state index contributed by atoms with van der Waals surface area (Å²) in [6.45, 7) is 2.76. The van der Waals surface area contributed by atoms with Crippen LogP contribution in [-0.4, -0.2) is 76.5 Å². The molecule has 1 saturated heterocycles. The van der Waals surface area contributed by atoms with E-state index in [-0.39, 0.29) is 37.4 Å². The lowest BCUT2D eigenvalue weighted by molar-refractivity contribution is -0.146. The number of nitrogens with zero attached hydrogens (tertiary/aromatic N) is 6. The molecule has 1 amide bonds. The zero-order valence-corrected chi connectivity index (χ0v) is 25.1. The number of alkyl halides is 6. The summed E-state index contributed by atoms with van der Waals surface area (Å²) in [5, 5.41) is 13.4. The molecule has 0 radical (unpaired) electrons. The summed E-state index contributed by atoms with van der Waals surface area (Å²) in [5.41, 5.74) is 1.27. The van der Waals surface area contributed by atoms with Gasteiger partial charge in [-0.1, -0.05) is 6.07 Å². The van der Waals surface area contributed by atoms with Crippen LogP contribution in [0.3, 0.4) is 0 Å². The van der Waals surface area contributed by atoms with Crippen LogP contribution in [0.25, 0.3) is 5.82 Å². The summed E-state index contributed by atoms with van der Waals surface area (Å²) in [4.78, 5) is 24.5. The SMILES string of the molecule is CNc1cc(-n2nc(C)cc2Nc2cc(NC(=O)c3cc(N4CCN(CC(F)(F)F)CC4)cc(C(F)(F)F)c3)ccc2C)ncn1. The van der Waals surface area contributed by atoms with Crippen LogP contribution in [0.15, 0.2) is 54.9 Å². The van der Waals surface area contributed by atoms with Gasteiger partial charge in [0.15, 0.2) is 5.82 Å². The number of rotatable bonds is 8. The molecule has 1 fully saturated rings. The highest BCUT2D eigenvalue weighted by Gasteiger charge is 2.34. The van der Waals surface area contributed by atoms with Crippen LogP contribution in [0.5, 0.6) is 0 Å². The predicted octanol–water partition coefficient (Wildman–Crippen LogP) is 6.02. The molecule has 0 saturated carbocycles. The van der Waals surface area contributed by atoms with E-state index < -0.39 is 30.4 Å². The van der Waals surface area contributed by atoms with E-state index in [1.54, 1.807) is 47.0 Å². The molecule has 2 aromatic carbocycles. The van der Waals surface area contributed by atoms with E-state index in [2.05, 4.69) is 31.0 Å². The number of nitrogens with one attached hydrogen (secondary N) is 3. The summed E-state index contributed by atoms with van der Waals surface area (Å²) in [5.74, 6) is 0.882. The van der Waals surface area contributed by atoms with Crippen LogP contribution in [0, 0.1) is 13.8 Å². The van der Waals surface area contributed by atoms with Gasteiger partial charge in [0.05, 0.1) is 17.8 Å². The van der Waals surface area contributed by atoms with Crippen molar-refractivity contribution in [2.24, 2.45) is 0 Å². The summed E-state index contributed by atoms with van der Waals surface area (Å²) in [6, 6.07) is 11.5. The van der Waals surface area contributed by atoms with E-state index in [9.17, 15) is 31.1 Å². The lowest BCUT2D eigenvalue weighted by Gasteiger charge is -2.36. The quantitative estimate of drug-likeness (QED) is 0.200. The van der Waals surface area contributed by atoms with Gasteiger partial charge in [0.2, 0.25) is 0 Å². The van der Waals surface area contributed by atoms with Gasteiger partial charge in [0.1, 0.15) is 18.0 Å². The molecule has 4 aromatic rings. The minimum atomic E-state index is -4.75. The van der Waals surface area contributed by atoms with Gasteiger partial charge in [-0.3, -0.25) is 9.69 Å². The van der Waals surface area contributed by atoms with E-state index in [4.69, 9.17) is 0 Å². The van der Waals surface area contributed by atoms with Crippen molar-refractivity contribution in [2.45, 2.75) is 26.2 Å². The number of amides is 1. The second-order valence-electron chi connectivity index (χ2n) is 10.8. The first-order valence-corrected chi connectivity index (χ1v) is 14.2. The van der Waals surface area contributed by atoms with Crippen LogP contribution in [0.2, 0.25) is 0 Å². The van der Waals surface area contributed by atoms with Crippen molar-refractivity contribution >= 4 is 34.6 Å². The van der Waals surface area contributed by atoms with Crippen molar-refractivity contribution in [3.05, 3.63) is 77.2 Å². The van der Waals surface area contributed by atoms with Crippen molar-refractivity contribution in [1.29, 1.82) is 0 Å². The Balaban J connectivity index is 1.37. The molecule has 0 bridgehead atoms. The van der Waals surface area contributed by atoms with Crippen LogP contribution in [-0.2, 0) is 6.18 Å². The third kappa shape index (κ3) is 7.85. The second kappa shape index (κ2) is 12.9. The van der Waals surface area contributed by atoms with Crippen LogP contribution in [0.4, 0.5) is 55.0 Å². The van der Waals surface area contributed by atoms with Gasteiger partial charge in [-0.05, 0) is 49.7 Å². The van der Waals surface area contributed by atoms with Crippen LogP contribution >= 0.6 is 0 Å². The number of aromatic nitrogens is 4. The maximum absolute atomic E-state index is 13.8. The Morgan fingerprint density at radius 2 is 1.65 bits per heavy atom. The number of hydrogen-bond donors (Lipinski definition) is 3. The molecule has 16 heteroatoms. The molecule has 0 atom stereocenters. The zero-order valence-electron chi connectivity index (χ0n) is 25.1. The normalized spacial score (nSPS) is 14.3. The maximum atomic E-state index is 13.8. The Hall–Kier alpha value is -4.86. The number of aryl methyl sites for hydroxylation is 2. The predicted molar refractivity (Wildman–Crippen MR) is 162 cm³/mol. The van der Waals surface area contributed by atoms with Gasteiger partial charge in [-0.2, -0.15) is 36.1 Å². The zero-order chi connectivity index (χ0) is 33.2. The standard InChI is InChI=1S/C30H31F6N9O/c1-18-4-5-22(14-24(18)41-27-10-19(2)42-45(27)26-15-25(37-3)38-17-39-26)40-28(46)20-11-21(30(34,35)36)13-23(12-20)44-8-6-43(7-9-44)16-29(31,32)33/h4-5,10-15,17,41H,6-9,16H2,1-3H3,(H,40,46)(H,37,38,39). The topological polar surface area (TPSA) is 103 Å². The first-order chi connectivity index (χ1) is 21.7. The number of carbonyl (C=O) groups is 1. The number of hydrogen-bond acceptors (Lipinski definition) is 8. The molecular weight excluding hydrogens is 616 g/mol. The Labute approximate surface area is 260 Å². The number of anilines is 5. The maximum Gasteiger partial charge on any atom is 0.416 e. The summed E-state index contributed by atoms with van der Waals surface area (Å²) < 4.78 is 81.5. The Morgan fingerprint density at radius 3 is 2.33 bits per heavy atom. The molecule has 46 heavy (non-hydrogen) atoms. The van der Waals surface area contributed by atoms with E-state index >= 15 is 0 Å². The number of benzene rings is 2. The number of piperazine rings is 1. The second-order valence-corrected chi connectivity index (χ2v) is 10.8. The molecule has 0 unspecified atom stereocenters. The minimum Gasteiger partial charge on any atom is -0.373 e. The van der Waals surface area contributed by atoms with Crippen molar-refractivity contribution < 1.29 is 31.1 Å². The highest BCUT2D eigenvalue weighted by Crippen LogP contribution is 2.34. The first-order valence-electron chi connectivity index (χ1n) is 14.2. The largest absolute Gasteiger partial charge is 0.416 e. The van der Waals surface area contributed by atoms with Gasteiger partial charge < -0.3 is 20.9 Å². The highest BCUT2D eigenvalue weighted by atomic mass is 19.4. The van der Waals surface area contributed by atoms with Crippen molar-refractivity contribution in [2.75, 3.05) is 60.6 Å². The molecule has 10 nitrogen and oxygen atoms in total. The van der Waals surface area contributed by atoms with Gasteiger partial charge in [-0.25, -0.2) is 9.97 Å². The number of halogens is 6. The molecule has 0 spiro atoms. The average molecular weight is 648 g/mol. The minimum absolute atomic E-state index is 0.0166. The molecule has 3 N–H and O–H groups in total. The molecule has 2 aromatic heterocycles. The third-order valence-electron chi connectivity index (χ3n) is 7.36. The Morgan fingerprint density at radius 1 is 0.913 bits per heavy atom. The lowest BCUT2D eigenvalue weighted by Crippen LogP contribution is -2.49. The fourth-order valence-corrected chi connectivity index (χ4v) is 5.04. The average Bonchev–Trinajstić information content (AvgIpc) is 3.37. The van der Waals surface area contributed by atoms with Gasteiger partial charge >= 0.3 is 12.4 Å². The van der Waals surface area contributed by atoms with Crippen molar-refractivity contribution in [3.63, 3.8) is 0 Å². The smallest absolute Gasteiger partial charge is 0.373 e. The fraction of sp³-hybridized carbons (Fsp3) is 0.333. The Kier molecular flexibility index (Phi) is 9.10. The molecule has 244 valence electrons. The van der Waals surface area contributed by atoms with Crippen molar-refractivity contribution in [1.82, 2.24) is 24.6 Å². The van der Waals surface area contributed by atoms with Crippen LogP contribution in [0.1, 0.15) is 27.2 Å². The van der Waals surface area contributed by atoms with Gasteiger partial charge in [0.25, 0.3) is 5.91 Å². The van der Waals surface area contributed by atoms with Gasteiger partial charge in [-0.15, -0.1) is 0 Å². The fourth-order valence-electron chi connectivity index (χ4n) is 5.04. The summed E-state index contributed by atoms with van der Waals surface area (Å²) in [7, 11) is 1.73. The summed E-state index contributed by atoms with van der Waals surface area (Å²) in [6.07, 6.45) is -7.72. The van der Waals surface area contributed by atoms with Crippen molar-refractivity contribution in [3.8, 4) is 5.82 Å². The Bertz CT molecular complexity index is 1710. The third-order valence-corrected chi connectivity index (χ3v) is 7.36.